The van der Waals surface area contributed by atoms with Crippen LogP contribution in [0.1, 0.15) is 5.56 Å². The van der Waals surface area contributed by atoms with Crippen molar-refractivity contribution in [2.75, 3.05) is 6.61 Å². The zero-order valence-electron chi connectivity index (χ0n) is 12.0. The first-order valence-corrected chi connectivity index (χ1v) is 7.50. The van der Waals surface area contributed by atoms with Gasteiger partial charge in [0.1, 0.15) is 5.75 Å². The quantitative estimate of drug-likeness (QED) is 0.813. The maximum absolute atomic E-state index is 11.8. The van der Waals surface area contributed by atoms with Crippen molar-refractivity contribution in [3.63, 3.8) is 0 Å². The lowest BCUT2D eigenvalue weighted by atomic mass is 10.1. The summed E-state index contributed by atoms with van der Waals surface area (Å²) in [5.74, 6) is -0.492. The van der Waals surface area contributed by atoms with E-state index in [1.165, 1.54) is 0 Å². The lowest BCUT2D eigenvalue weighted by molar-refractivity contribution is -0.129. The lowest BCUT2D eigenvalue weighted by Crippen LogP contribution is -2.44. The minimum atomic E-state index is -0.502. The normalized spacial score (nSPS) is 10.0. The lowest BCUT2D eigenvalue weighted by Gasteiger charge is -2.10. The Morgan fingerprint density at radius 3 is 2.17 bits per heavy atom. The predicted molar refractivity (Wildman–Crippen MR) is 88.4 cm³/mol. The molecular formula is C16H14Cl2N2O3. The Morgan fingerprint density at radius 2 is 1.48 bits per heavy atom. The van der Waals surface area contributed by atoms with E-state index in [1.807, 2.05) is 0 Å². The van der Waals surface area contributed by atoms with E-state index in [0.717, 1.165) is 0 Å². The highest BCUT2D eigenvalue weighted by Crippen LogP contribution is 2.22. The number of ether oxygens (including phenoxy) is 1. The monoisotopic (exact) mass is 352 g/mol. The third kappa shape index (κ3) is 5.47. The Kier molecular flexibility index (Phi) is 6.26. The fourth-order valence-corrected chi connectivity index (χ4v) is 2.13. The fraction of sp³-hybridized carbons (Fsp3) is 0.125. The van der Waals surface area contributed by atoms with Crippen LogP contribution >= 0.6 is 23.2 Å². The number of carbonyl (C=O) groups is 2. The van der Waals surface area contributed by atoms with Crippen LogP contribution in [0.15, 0.2) is 48.5 Å². The third-order valence-corrected chi connectivity index (χ3v) is 3.53. The number of hydrogen-bond acceptors (Lipinski definition) is 3. The molecular weight excluding hydrogens is 339 g/mol. The van der Waals surface area contributed by atoms with Crippen molar-refractivity contribution in [2.24, 2.45) is 0 Å². The molecule has 120 valence electrons. The highest BCUT2D eigenvalue weighted by Gasteiger charge is 2.09. The number of para-hydroxylation sites is 1. The molecule has 2 N–H and O–H groups in total. The van der Waals surface area contributed by atoms with Crippen molar-refractivity contribution < 1.29 is 14.3 Å². The van der Waals surface area contributed by atoms with Gasteiger partial charge in [-0.05, 0) is 23.8 Å². The number of carbonyl (C=O) groups excluding carboxylic acids is 2. The summed E-state index contributed by atoms with van der Waals surface area (Å²) in [6.45, 7) is -0.268. The van der Waals surface area contributed by atoms with Gasteiger partial charge >= 0.3 is 0 Å². The molecule has 2 aromatic carbocycles. The molecule has 0 aliphatic rings. The van der Waals surface area contributed by atoms with Crippen LogP contribution in [0.3, 0.4) is 0 Å². The molecule has 0 unspecified atom stereocenters. The average Bonchev–Trinajstić information content (AvgIpc) is 2.54. The van der Waals surface area contributed by atoms with Crippen LogP contribution in [0.4, 0.5) is 0 Å². The van der Waals surface area contributed by atoms with Gasteiger partial charge in [-0.15, -0.1) is 0 Å². The maximum Gasteiger partial charge on any atom is 0.276 e. The van der Waals surface area contributed by atoms with Crippen LogP contribution in [-0.2, 0) is 16.0 Å². The molecule has 0 heterocycles. The first-order chi connectivity index (χ1) is 11.1. The van der Waals surface area contributed by atoms with Crippen LogP contribution in [0.25, 0.3) is 0 Å². The minimum absolute atomic E-state index is 0.0608. The molecule has 2 aromatic rings. The standard InChI is InChI=1S/C16H14Cl2N2O3/c17-12-6-2-1-5-11(12)9-15(21)19-20-16(22)10-23-14-8-4-3-7-13(14)18/h1-8H,9-10H2,(H,19,21)(H,20,22). The van der Waals surface area contributed by atoms with Crippen molar-refractivity contribution in [3.8, 4) is 5.75 Å². The zero-order valence-corrected chi connectivity index (χ0v) is 13.5. The number of rotatable bonds is 5. The van der Waals surface area contributed by atoms with Gasteiger partial charge in [0, 0.05) is 5.02 Å². The SMILES string of the molecule is O=C(COc1ccccc1Cl)NNC(=O)Cc1ccccc1Cl. The van der Waals surface area contributed by atoms with Crippen LogP contribution in [0.5, 0.6) is 5.75 Å². The molecule has 0 spiro atoms. The molecule has 0 aliphatic carbocycles. The van der Waals surface area contributed by atoms with Crippen molar-refractivity contribution in [2.45, 2.75) is 6.42 Å². The number of benzene rings is 2. The summed E-state index contributed by atoms with van der Waals surface area (Å²) in [5, 5.41) is 0.902. The first kappa shape index (κ1) is 17.1. The van der Waals surface area contributed by atoms with Gasteiger partial charge < -0.3 is 4.74 Å². The Balaban J connectivity index is 1.75. The van der Waals surface area contributed by atoms with E-state index < -0.39 is 5.91 Å². The molecule has 0 radical (unpaired) electrons. The Hall–Kier alpha value is -2.24. The van der Waals surface area contributed by atoms with Crippen LogP contribution in [0.2, 0.25) is 10.0 Å². The molecule has 2 rings (SSSR count). The molecule has 0 saturated carbocycles. The van der Waals surface area contributed by atoms with Crippen molar-refractivity contribution in [3.05, 3.63) is 64.1 Å². The van der Waals surface area contributed by atoms with E-state index in [0.29, 0.717) is 21.4 Å². The topological polar surface area (TPSA) is 67.4 Å². The largest absolute Gasteiger partial charge is 0.482 e. The van der Waals surface area contributed by atoms with Gasteiger partial charge in [0.05, 0.1) is 11.4 Å². The second-order valence-electron chi connectivity index (χ2n) is 4.58. The van der Waals surface area contributed by atoms with Gasteiger partial charge in [0.15, 0.2) is 6.61 Å². The summed E-state index contributed by atoms with van der Waals surface area (Å²) in [5.41, 5.74) is 5.24. The highest BCUT2D eigenvalue weighted by molar-refractivity contribution is 6.32. The molecule has 5 nitrogen and oxygen atoms in total. The summed E-state index contributed by atoms with van der Waals surface area (Å²) in [7, 11) is 0. The third-order valence-electron chi connectivity index (χ3n) is 2.85. The Morgan fingerprint density at radius 1 is 0.870 bits per heavy atom. The van der Waals surface area contributed by atoms with Gasteiger partial charge in [0.2, 0.25) is 5.91 Å². The molecule has 0 aromatic heterocycles. The summed E-state index contributed by atoms with van der Waals surface area (Å²) >= 11 is 11.9. The summed E-state index contributed by atoms with van der Waals surface area (Å²) in [6, 6.07) is 13.8. The summed E-state index contributed by atoms with van der Waals surface area (Å²) < 4.78 is 5.25. The first-order valence-electron chi connectivity index (χ1n) is 6.74. The fourth-order valence-electron chi connectivity index (χ4n) is 1.74. The van der Waals surface area contributed by atoms with Gasteiger partial charge in [-0.3, -0.25) is 20.4 Å². The van der Waals surface area contributed by atoms with Crippen LogP contribution in [0, 0.1) is 0 Å². The van der Waals surface area contributed by atoms with E-state index >= 15 is 0 Å². The minimum Gasteiger partial charge on any atom is -0.482 e. The van der Waals surface area contributed by atoms with Crippen molar-refractivity contribution >= 4 is 35.0 Å². The molecule has 7 heteroatoms. The van der Waals surface area contributed by atoms with E-state index in [2.05, 4.69) is 10.9 Å². The Labute approximate surface area is 143 Å². The van der Waals surface area contributed by atoms with Gasteiger partial charge in [-0.25, -0.2) is 0 Å². The molecule has 0 aliphatic heterocycles. The molecule has 23 heavy (non-hydrogen) atoms. The number of hydrogen-bond donors (Lipinski definition) is 2. The molecule has 0 atom stereocenters. The number of hydrazine groups is 1. The van der Waals surface area contributed by atoms with Gasteiger partial charge in [-0.2, -0.15) is 0 Å². The van der Waals surface area contributed by atoms with E-state index in [4.69, 9.17) is 27.9 Å². The van der Waals surface area contributed by atoms with E-state index in [9.17, 15) is 9.59 Å². The maximum atomic E-state index is 11.8. The van der Waals surface area contributed by atoms with Gasteiger partial charge in [0.25, 0.3) is 5.91 Å². The van der Waals surface area contributed by atoms with E-state index in [1.54, 1.807) is 48.5 Å². The van der Waals surface area contributed by atoms with Crippen molar-refractivity contribution in [1.82, 2.24) is 10.9 Å². The Bertz CT molecular complexity index is 707. The number of amides is 2. The molecule has 0 fully saturated rings. The zero-order chi connectivity index (χ0) is 16.7. The predicted octanol–water partition coefficient (Wildman–Crippen LogP) is 2.76. The van der Waals surface area contributed by atoms with E-state index in [-0.39, 0.29) is 18.9 Å². The second kappa shape index (κ2) is 8.41. The average molecular weight is 353 g/mol. The molecule has 2 amide bonds. The summed E-state index contributed by atoms with van der Waals surface area (Å²) in [6.07, 6.45) is 0.0608. The second-order valence-corrected chi connectivity index (χ2v) is 5.40. The van der Waals surface area contributed by atoms with Crippen LogP contribution < -0.4 is 15.6 Å². The number of nitrogens with one attached hydrogen (secondary N) is 2. The molecule has 0 saturated heterocycles. The highest BCUT2D eigenvalue weighted by atomic mass is 35.5. The van der Waals surface area contributed by atoms with Crippen LogP contribution in [-0.4, -0.2) is 18.4 Å². The van der Waals surface area contributed by atoms with Gasteiger partial charge in [-0.1, -0.05) is 53.5 Å². The molecule has 0 bridgehead atoms. The van der Waals surface area contributed by atoms with Crippen molar-refractivity contribution in [1.29, 1.82) is 0 Å². The number of halogens is 2. The summed E-state index contributed by atoms with van der Waals surface area (Å²) in [4.78, 5) is 23.4. The smallest absolute Gasteiger partial charge is 0.276 e.